The number of hydrogen-bond donors (Lipinski definition) is 1. The highest BCUT2D eigenvalue weighted by Crippen LogP contribution is 2.22. The second-order valence-corrected chi connectivity index (χ2v) is 7.01. The van der Waals surface area contributed by atoms with E-state index in [1.54, 1.807) is 11.3 Å². The molecule has 0 aliphatic heterocycles. The molecule has 15 heavy (non-hydrogen) atoms. The first kappa shape index (κ1) is 12.7. The smallest absolute Gasteiger partial charge is 0.225 e. The summed E-state index contributed by atoms with van der Waals surface area (Å²) in [6.45, 7) is 6.47. The minimum absolute atomic E-state index is 0.109. The Morgan fingerprint density at radius 2 is 2.13 bits per heavy atom. The second kappa shape index (κ2) is 5.12. The highest BCUT2D eigenvalue weighted by molar-refractivity contribution is 9.11. The molecule has 1 heterocycles. The van der Waals surface area contributed by atoms with E-state index in [4.69, 9.17) is 0 Å². The zero-order valence-electron chi connectivity index (χ0n) is 9.26. The van der Waals surface area contributed by atoms with Gasteiger partial charge in [0.1, 0.15) is 0 Å². The number of nitrogens with one attached hydrogen (secondary N) is 1. The second-order valence-electron chi connectivity index (χ2n) is 4.46. The Labute approximate surface area is 103 Å². The molecule has 0 saturated heterocycles. The van der Waals surface area contributed by atoms with E-state index in [0.717, 1.165) is 10.2 Å². The summed E-state index contributed by atoms with van der Waals surface area (Å²) in [5.41, 5.74) is -0.296. The van der Waals surface area contributed by atoms with Crippen molar-refractivity contribution in [2.24, 2.45) is 5.41 Å². The van der Waals surface area contributed by atoms with E-state index in [-0.39, 0.29) is 11.3 Å². The molecule has 1 aromatic rings. The van der Waals surface area contributed by atoms with Crippen LogP contribution in [0.4, 0.5) is 0 Å². The molecule has 1 rings (SSSR count). The topological polar surface area (TPSA) is 29.1 Å². The minimum Gasteiger partial charge on any atom is -0.355 e. The quantitative estimate of drug-likeness (QED) is 0.910. The van der Waals surface area contributed by atoms with Crippen molar-refractivity contribution in [3.8, 4) is 0 Å². The average Bonchev–Trinajstić information content (AvgIpc) is 2.49. The third-order valence-electron chi connectivity index (χ3n) is 1.97. The van der Waals surface area contributed by atoms with Gasteiger partial charge in [0.05, 0.1) is 3.79 Å². The van der Waals surface area contributed by atoms with Gasteiger partial charge in [-0.25, -0.2) is 0 Å². The molecule has 0 aliphatic carbocycles. The summed E-state index contributed by atoms with van der Waals surface area (Å²) < 4.78 is 1.14. The van der Waals surface area contributed by atoms with Gasteiger partial charge in [0.15, 0.2) is 0 Å². The van der Waals surface area contributed by atoms with Crippen LogP contribution in [0.25, 0.3) is 0 Å². The van der Waals surface area contributed by atoms with Crippen molar-refractivity contribution in [1.29, 1.82) is 0 Å². The summed E-state index contributed by atoms with van der Waals surface area (Å²) in [6.07, 6.45) is 0.901. The van der Waals surface area contributed by atoms with Crippen LogP contribution in [0.2, 0.25) is 0 Å². The first-order chi connectivity index (χ1) is 6.89. The fraction of sp³-hybridized carbons (Fsp3) is 0.545. The van der Waals surface area contributed by atoms with Crippen LogP contribution in [0.3, 0.4) is 0 Å². The van der Waals surface area contributed by atoms with Gasteiger partial charge in [-0.1, -0.05) is 20.8 Å². The van der Waals surface area contributed by atoms with Crippen LogP contribution in [0, 0.1) is 5.41 Å². The molecule has 84 valence electrons. The van der Waals surface area contributed by atoms with Crippen LogP contribution in [0.1, 0.15) is 25.6 Å². The van der Waals surface area contributed by atoms with Crippen molar-refractivity contribution < 1.29 is 4.79 Å². The van der Waals surface area contributed by atoms with Crippen molar-refractivity contribution in [2.75, 3.05) is 6.54 Å². The van der Waals surface area contributed by atoms with Gasteiger partial charge in [0.25, 0.3) is 0 Å². The van der Waals surface area contributed by atoms with E-state index in [1.807, 2.05) is 26.8 Å². The van der Waals surface area contributed by atoms with Crippen LogP contribution >= 0.6 is 27.3 Å². The highest BCUT2D eigenvalue weighted by atomic mass is 79.9. The van der Waals surface area contributed by atoms with Gasteiger partial charge in [-0.05, 0) is 34.5 Å². The lowest BCUT2D eigenvalue weighted by Crippen LogP contribution is -2.35. The maximum atomic E-state index is 11.5. The number of halogens is 1. The van der Waals surface area contributed by atoms with Crippen LogP contribution in [-0.4, -0.2) is 12.5 Å². The SMILES string of the molecule is CC(C)(C)C(=O)NCCc1ccc(Br)s1. The molecule has 2 nitrogen and oxygen atoms in total. The molecular weight excluding hydrogens is 274 g/mol. The molecule has 0 atom stereocenters. The van der Waals surface area contributed by atoms with E-state index < -0.39 is 0 Å². The fourth-order valence-electron chi connectivity index (χ4n) is 1.05. The molecule has 0 bridgehead atoms. The number of hydrogen-bond acceptors (Lipinski definition) is 2. The van der Waals surface area contributed by atoms with Crippen molar-refractivity contribution in [2.45, 2.75) is 27.2 Å². The third kappa shape index (κ3) is 4.34. The van der Waals surface area contributed by atoms with Gasteiger partial charge >= 0.3 is 0 Å². The Hall–Kier alpha value is -0.350. The van der Waals surface area contributed by atoms with E-state index in [0.29, 0.717) is 6.54 Å². The van der Waals surface area contributed by atoms with Gasteiger partial charge in [-0.15, -0.1) is 11.3 Å². The summed E-state index contributed by atoms with van der Waals surface area (Å²) >= 11 is 5.13. The first-order valence-corrected chi connectivity index (χ1v) is 6.53. The van der Waals surface area contributed by atoms with E-state index in [9.17, 15) is 4.79 Å². The maximum Gasteiger partial charge on any atom is 0.225 e. The standard InChI is InChI=1S/C11H16BrNOS/c1-11(2,3)10(14)13-7-6-8-4-5-9(12)15-8/h4-5H,6-7H2,1-3H3,(H,13,14). The van der Waals surface area contributed by atoms with Crippen molar-refractivity contribution in [3.63, 3.8) is 0 Å². The van der Waals surface area contributed by atoms with Crippen LogP contribution in [0.5, 0.6) is 0 Å². The number of carbonyl (C=O) groups is 1. The van der Waals surface area contributed by atoms with Gasteiger partial charge < -0.3 is 5.32 Å². The monoisotopic (exact) mass is 289 g/mol. The third-order valence-corrected chi connectivity index (χ3v) is 3.65. The molecule has 4 heteroatoms. The summed E-state index contributed by atoms with van der Waals surface area (Å²) in [7, 11) is 0. The molecule has 0 unspecified atom stereocenters. The lowest BCUT2D eigenvalue weighted by Gasteiger charge is -2.17. The summed E-state index contributed by atoms with van der Waals surface area (Å²) in [5.74, 6) is 0.109. The molecule has 1 amide bonds. The Kier molecular flexibility index (Phi) is 4.34. The molecule has 1 N–H and O–H groups in total. The predicted molar refractivity (Wildman–Crippen MR) is 68.2 cm³/mol. The molecule has 0 saturated carbocycles. The lowest BCUT2D eigenvalue weighted by atomic mass is 9.96. The van der Waals surface area contributed by atoms with Crippen LogP contribution < -0.4 is 5.32 Å². The molecule has 0 fully saturated rings. The number of thiophene rings is 1. The van der Waals surface area contributed by atoms with Gasteiger partial charge in [-0.2, -0.15) is 0 Å². The van der Waals surface area contributed by atoms with Crippen molar-refractivity contribution in [3.05, 3.63) is 20.8 Å². The maximum absolute atomic E-state index is 11.5. The number of amides is 1. The van der Waals surface area contributed by atoms with Crippen molar-refractivity contribution in [1.82, 2.24) is 5.32 Å². The molecule has 1 aromatic heterocycles. The molecule has 0 aromatic carbocycles. The molecule has 0 radical (unpaired) electrons. The molecule has 0 spiro atoms. The number of rotatable bonds is 3. The highest BCUT2D eigenvalue weighted by Gasteiger charge is 2.20. The lowest BCUT2D eigenvalue weighted by molar-refractivity contribution is -0.128. The zero-order valence-corrected chi connectivity index (χ0v) is 11.7. The summed E-state index contributed by atoms with van der Waals surface area (Å²) in [4.78, 5) is 12.8. The average molecular weight is 290 g/mol. The summed E-state index contributed by atoms with van der Waals surface area (Å²) in [5, 5.41) is 2.93. The fourth-order valence-corrected chi connectivity index (χ4v) is 2.53. The number of carbonyl (C=O) groups excluding carboxylic acids is 1. The Balaban J connectivity index is 2.31. The van der Waals surface area contributed by atoms with E-state index >= 15 is 0 Å². The normalized spacial score (nSPS) is 11.5. The van der Waals surface area contributed by atoms with E-state index in [1.165, 1.54) is 4.88 Å². The summed E-state index contributed by atoms with van der Waals surface area (Å²) in [6, 6.07) is 4.11. The Morgan fingerprint density at radius 3 is 2.60 bits per heavy atom. The van der Waals surface area contributed by atoms with Crippen LogP contribution in [-0.2, 0) is 11.2 Å². The van der Waals surface area contributed by atoms with Gasteiger partial charge in [0.2, 0.25) is 5.91 Å². The Bertz CT molecular complexity index is 341. The first-order valence-electron chi connectivity index (χ1n) is 4.92. The minimum atomic E-state index is -0.296. The zero-order chi connectivity index (χ0) is 11.5. The predicted octanol–water partition coefficient (Wildman–Crippen LogP) is 3.22. The van der Waals surface area contributed by atoms with Gasteiger partial charge in [-0.3, -0.25) is 4.79 Å². The van der Waals surface area contributed by atoms with E-state index in [2.05, 4.69) is 27.3 Å². The van der Waals surface area contributed by atoms with Crippen LogP contribution in [0.15, 0.2) is 15.9 Å². The largest absolute Gasteiger partial charge is 0.355 e. The van der Waals surface area contributed by atoms with Gasteiger partial charge in [0, 0.05) is 16.8 Å². The molecular formula is C11H16BrNOS. The molecule has 0 aliphatic rings. The Morgan fingerprint density at radius 1 is 1.47 bits per heavy atom. The van der Waals surface area contributed by atoms with Crippen molar-refractivity contribution >= 4 is 33.2 Å².